The second kappa shape index (κ2) is 4.80. The molecule has 0 bridgehead atoms. The fraction of sp³-hybridized carbons (Fsp3) is 0.0667. The van der Waals surface area contributed by atoms with Gasteiger partial charge >= 0.3 is 6.36 Å². The number of halogens is 4. The molecule has 6 heteroatoms. The second-order valence-electron chi connectivity index (χ2n) is 4.46. The Morgan fingerprint density at radius 3 is 2.43 bits per heavy atom. The molecule has 0 fully saturated rings. The van der Waals surface area contributed by atoms with Gasteiger partial charge in [-0.25, -0.2) is 4.39 Å². The summed E-state index contributed by atoms with van der Waals surface area (Å²) in [5.41, 5.74) is 1.31. The Hall–Kier alpha value is -2.50. The summed E-state index contributed by atoms with van der Waals surface area (Å²) < 4.78 is 54.1. The standard InChI is InChI=1S/C15H9F4NO/c16-12-6-2-4-10-8-13(20-14(10)12)9-3-1-5-11(7-9)21-15(17,18)19/h1-8,20H. The molecule has 1 N–H and O–H groups in total. The minimum Gasteiger partial charge on any atom is -0.406 e. The third kappa shape index (κ3) is 2.84. The number of aromatic amines is 1. The van der Waals surface area contributed by atoms with E-state index in [2.05, 4.69) is 9.72 Å². The van der Waals surface area contributed by atoms with Gasteiger partial charge in [0.2, 0.25) is 0 Å². The molecular weight excluding hydrogens is 286 g/mol. The normalized spacial score (nSPS) is 11.8. The van der Waals surface area contributed by atoms with Crippen LogP contribution in [0.25, 0.3) is 22.2 Å². The first-order valence-electron chi connectivity index (χ1n) is 6.06. The van der Waals surface area contributed by atoms with Gasteiger partial charge < -0.3 is 9.72 Å². The molecule has 2 aromatic carbocycles. The molecule has 3 rings (SSSR count). The van der Waals surface area contributed by atoms with Crippen molar-refractivity contribution in [3.05, 3.63) is 54.3 Å². The molecule has 0 aliphatic rings. The Morgan fingerprint density at radius 1 is 0.952 bits per heavy atom. The van der Waals surface area contributed by atoms with Crippen molar-refractivity contribution < 1.29 is 22.3 Å². The largest absolute Gasteiger partial charge is 0.573 e. The highest BCUT2D eigenvalue weighted by molar-refractivity contribution is 5.86. The van der Waals surface area contributed by atoms with Crippen LogP contribution in [-0.4, -0.2) is 11.3 Å². The first-order chi connectivity index (χ1) is 9.92. The fourth-order valence-corrected chi connectivity index (χ4v) is 2.14. The lowest BCUT2D eigenvalue weighted by molar-refractivity contribution is -0.274. The third-order valence-electron chi connectivity index (χ3n) is 2.98. The predicted octanol–water partition coefficient (Wildman–Crippen LogP) is 4.87. The van der Waals surface area contributed by atoms with Gasteiger partial charge in [0.15, 0.2) is 0 Å². The number of hydrogen-bond donors (Lipinski definition) is 1. The Bertz CT molecular complexity index is 792. The Balaban J connectivity index is 2.02. The van der Waals surface area contributed by atoms with Crippen molar-refractivity contribution in [2.45, 2.75) is 6.36 Å². The van der Waals surface area contributed by atoms with Gasteiger partial charge in [0.1, 0.15) is 11.6 Å². The van der Waals surface area contributed by atoms with Gasteiger partial charge in [0.25, 0.3) is 0 Å². The lowest BCUT2D eigenvalue weighted by atomic mass is 10.1. The fourth-order valence-electron chi connectivity index (χ4n) is 2.14. The van der Waals surface area contributed by atoms with Gasteiger partial charge in [-0.05, 0) is 24.3 Å². The van der Waals surface area contributed by atoms with Crippen LogP contribution in [0.2, 0.25) is 0 Å². The van der Waals surface area contributed by atoms with Gasteiger partial charge in [-0.15, -0.1) is 13.2 Å². The molecule has 0 atom stereocenters. The van der Waals surface area contributed by atoms with Crippen molar-refractivity contribution in [3.8, 4) is 17.0 Å². The molecule has 2 nitrogen and oxygen atoms in total. The zero-order valence-corrected chi connectivity index (χ0v) is 10.5. The van der Waals surface area contributed by atoms with Gasteiger partial charge in [-0.3, -0.25) is 0 Å². The molecule has 0 saturated heterocycles. The third-order valence-corrected chi connectivity index (χ3v) is 2.98. The molecule has 21 heavy (non-hydrogen) atoms. The number of H-pyrrole nitrogens is 1. The zero-order valence-electron chi connectivity index (χ0n) is 10.5. The van der Waals surface area contributed by atoms with Crippen LogP contribution in [0.3, 0.4) is 0 Å². The predicted molar refractivity (Wildman–Crippen MR) is 70.4 cm³/mol. The summed E-state index contributed by atoms with van der Waals surface area (Å²) in [5.74, 6) is -0.736. The van der Waals surface area contributed by atoms with Crippen molar-refractivity contribution in [2.75, 3.05) is 0 Å². The van der Waals surface area contributed by atoms with E-state index in [1.54, 1.807) is 24.3 Å². The number of aromatic nitrogens is 1. The summed E-state index contributed by atoms with van der Waals surface area (Å²) in [6.45, 7) is 0. The van der Waals surface area contributed by atoms with Crippen molar-refractivity contribution in [2.24, 2.45) is 0 Å². The van der Waals surface area contributed by atoms with E-state index < -0.39 is 12.2 Å². The average Bonchev–Trinajstić information content (AvgIpc) is 2.82. The van der Waals surface area contributed by atoms with E-state index in [0.29, 0.717) is 22.2 Å². The van der Waals surface area contributed by atoms with Crippen LogP contribution in [0.1, 0.15) is 0 Å². The van der Waals surface area contributed by atoms with Crippen LogP contribution in [0, 0.1) is 5.82 Å². The van der Waals surface area contributed by atoms with Crippen LogP contribution < -0.4 is 4.74 Å². The molecule has 0 radical (unpaired) electrons. The lowest BCUT2D eigenvalue weighted by Gasteiger charge is -2.09. The molecule has 108 valence electrons. The zero-order chi connectivity index (χ0) is 15.0. The number of hydrogen-bond acceptors (Lipinski definition) is 1. The van der Waals surface area contributed by atoms with E-state index in [4.69, 9.17) is 0 Å². The highest BCUT2D eigenvalue weighted by atomic mass is 19.4. The Labute approximate surface area is 117 Å². The Morgan fingerprint density at radius 2 is 1.71 bits per heavy atom. The van der Waals surface area contributed by atoms with E-state index in [9.17, 15) is 17.6 Å². The summed E-state index contributed by atoms with van der Waals surface area (Å²) in [6.07, 6.45) is -4.74. The topological polar surface area (TPSA) is 25.0 Å². The number of para-hydroxylation sites is 1. The molecule has 3 aromatic rings. The van der Waals surface area contributed by atoms with Gasteiger partial charge in [-0.1, -0.05) is 24.3 Å². The number of rotatable bonds is 2. The van der Waals surface area contributed by atoms with Crippen molar-refractivity contribution in [1.29, 1.82) is 0 Å². The number of benzene rings is 2. The molecule has 0 spiro atoms. The maximum Gasteiger partial charge on any atom is 0.573 e. The summed E-state index contributed by atoms with van der Waals surface area (Å²) in [6, 6.07) is 11.8. The highest BCUT2D eigenvalue weighted by Gasteiger charge is 2.31. The summed E-state index contributed by atoms with van der Waals surface area (Å²) in [4.78, 5) is 2.86. The molecule has 0 unspecified atom stereocenters. The van der Waals surface area contributed by atoms with Crippen LogP contribution in [0.5, 0.6) is 5.75 Å². The number of fused-ring (bicyclic) bond motifs is 1. The van der Waals surface area contributed by atoms with E-state index in [1.165, 1.54) is 24.3 Å². The molecular formula is C15H9F4NO. The Kier molecular flexibility index (Phi) is 3.08. The first kappa shape index (κ1) is 13.5. The number of nitrogens with one attached hydrogen (secondary N) is 1. The highest BCUT2D eigenvalue weighted by Crippen LogP contribution is 2.30. The van der Waals surface area contributed by atoms with Crippen LogP contribution >= 0.6 is 0 Å². The van der Waals surface area contributed by atoms with Crippen LogP contribution in [0.15, 0.2) is 48.5 Å². The quantitative estimate of drug-likeness (QED) is 0.670. The average molecular weight is 295 g/mol. The number of alkyl halides is 3. The summed E-state index contributed by atoms with van der Waals surface area (Å²) in [7, 11) is 0. The molecule has 1 aromatic heterocycles. The maximum absolute atomic E-state index is 13.6. The first-order valence-corrected chi connectivity index (χ1v) is 6.06. The van der Waals surface area contributed by atoms with E-state index in [1.807, 2.05) is 0 Å². The monoisotopic (exact) mass is 295 g/mol. The van der Waals surface area contributed by atoms with Crippen molar-refractivity contribution >= 4 is 10.9 Å². The SMILES string of the molecule is Fc1cccc2cc(-c3cccc(OC(F)(F)F)c3)[nH]c12. The molecule has 0 saturated carbocycles. The lowest BCUT2D eigenvalue weighted by Crippen LogP contribution is -2.17. The molecule has 0 aliphatic heterocycles. The van der Waals surface area contributed by atoms with E-state index in [-0.39, 0.29) is 5.75 Å². The summed E-state index contributed by atoms with van der Waals surface area (Å²) >= 11 is 0. The molecule has 1 heterocycles. The minimum atomic E-state index is -4.74. The summed E-state index contributed by atoms with van der Waals surface area (Å²) in [5, 5.41) is 0.646. The van der Waals surface area contributed by atoms with Gasteiger partial charge in [-0.2, -0.15) is 0 Å². The van der Waals surface area contributed by atoms with Gasteiger partial charge in [0.05, 0.1) is 5.52 Å². The number of ether oxygens (including phenoxy) is 1. The maximum atomic E-state index is 13.6. The van der Waals surface area contributed by atoms with Crippen LogP contribution in [0.4, 0.5) is 17.6 Å². The van der Waals surface area contributed by atoms with E-state index in [0.717, 1.165) is 0 Å². The molecule has 0 amide bonds. The smallest absolute Gasteiger partial charge is 0.406 e. The molecule has 0 aliphatic carbocycles. The minimum absolute atomic E-state index is 0.314. The van der Waals surface area contributed by atoms with Crippen molar-refractivity contribution in [3.63, 3.8) is 0 Å². The van der Waals surface area contributed by atoms with Crippen molar-refractivity contribution in [1.82, 2.24) is 4.98 Å². The van der Waals surface area contributed by atoms with E-state index >= 15 is 0 Å². The van der Waals surface area contributed by atoms with Gasteiger partial charge in [0, 0.05) is 16.6 Å². The van der Waals surface area contributed by atoms with Crippen LogP contribution in [-0.2, 0) is 0 Å². The second-order valence-corrected chi connectivity index (χ2v) is 4.46.